The molecule has 1 aromatic heterocycles. The van der Waals surface area contributed by atoms with Gasteiger partial charge in [0.15, 0.2) is 5.82 Å². The first-order chi connectivity index (χ1) is 16.7. The van der Waals surface area contributed by atoms with Crippen molar-refractivity contribution < 1.29 is 5.11 Å². The van der Waals surface area contributed by atoms with Gasteiger partial charge >= 0.3 is 0 Å². The second kappa shape index (κ2) is 9.15. The third-order valence-electron chi connectivity index (χ3n) is 6.84. The van der Waals surface area contributed by atoms with Gasteiger partial charge in [0.05, 0.1) is 12.6 Å². The SMILES string of the molecule is Cc1cc(N2CCC(N=c3nc(-c4ccc(C(C)(C)C)cc4)nc4n3CC(O)=C4)CC2)ccc1Cl. The summed E-state index contributed by atoms with van der Waals surface area (Å²) in [5.41, 5.74) is 5.23. The molecule has 6 nitrogen and oxygen atoms in total. The molecule has 7 heteroatoms. The van der Waals surface area contributed by atoms with Crippen molar-refractivity contribution in [2.75, 3.05) is 18.0 Å². The van der Waals surface area contributed by atoms with Crippen molar-refractivity contribution in [3.05, 3.63) is 75.8 Å². The third kappa shape index (κ3) is 4.98. The van der Waals surface area contributed by atoms with Gasteiger partial charge in [0.25, 0.3) is 0 Å². The van der Waals surface area contributed by atoms with Crippen LogP contribution in [0.4, 0.5) is 5.69 Å². The summed E-state index contributed by atoms with van der Waals surface area (Å²) in [6.07, 6.45) is 3.59. The van der Waals surface area contributed by atoms with E-state index in [2.05, 4.69) is 62.1 Å². The van der Waals surface area contributed by atoms with Crippen LogP contribution in [-0.2, 0) is 12.0 Å². The summed E-state index contributed by atoms with van der Waals surface area (Å²) in [6.45, 7) is 10.9. The maximum Gasteiger partial charge on any atom is 0.229 e. The van der Waals surface area contributed by atoms with E-state index in [1.807, 2.05) is 17.6 Å². The summed E-state index contributed by atoms with van der Waals surface area (Å²) in [7, 11) is 0. The molecule has 2 aromatic carbocycles. The van der Waals surface area contributed by atoms with Gasteiger partial charge in [-0.05, 0) is 54.5 Å². The van der Waals surface area contributed by atoms with Crippen molar-refractivity contribution in [2.45, 2.75) is 58.5 Å². The molecule has 182 valence electrons. The van der Waals surface area contributed by atoms with Gasteiger partial charge in [-0.1, -0.05) is 56.6 Å². The topological polar surface area (TPSA) is 66.5 Å². The molecule has 0 spiro atoms. The standard InChI is InChI=1S/C28H32ClN5O/c1-18-15-22(9-10-24(18)29)33-13-11-21(12-14-33)30-27-32-26(31-25-16-23(35)17-34(25)27)19-5-7-20(8-6-19)28(2,3)4/h5-10,15-16,21,35H,11-14,17H2,1-4H3. The highest BCUT2D eigenvalue weighted by molar-refractivity contribution is 6.31. The summed E-state index contributed by atoms with van der Waals surface area (Å²) in [4.78, 5) is 17.0. The van der Waals surface area contributed by atoms with Gasteiger partial charge < -0.3 is 10.0 Å². The first-order valence-corrected chi connectivity index (χ1v) is 12.6. The second-order valence-corrected chi connectivity index (χ2v) is 10.9. The van der Waals surface area contributed by atoms with Crippen molar-refractivity contribution in [1.82, 2.24) is 14.5 Å². The van der Waals surface area contributed by atoms with Crippen LogP contribution in [0.2, 0.25) is 5.02 Å². The Bertz CT molecular complexity index is 1340. The van der Waals surface area contributed by atoms with Crippen LogP contribution in [0, 0.1) is 6.92 Å². The Kier molecular flexibility index (Phi) is 6.18. The predicted octanol–water partition coefficient (Wildman–Crippen LogP) is 5.69. The molecule has 0 atom stereocenters. The highest BCUT2D eigenvalue weighted by Crippen LogP contribution is 2.27. The zero-order valence-corrected chi connectivity index (χ0v) is 21.5. The molecule has 0 bridgehead atoms. The number of hydrogen-bond acceptors (Lipinski definition) is 5. The average Bonchev–Trinajstić information content (AvgIpc) is 3.21. The Morgan fingerprint density at radius 2 is 1.74 bits per heavy atom. The van der Waals surface area contributed by atoms with Gasteiger partial charge in [-0.2, -0.15) is 4.98 Å². The fourth-order valence-electron chi connectivity index (χ4n) is 4.66. The molecule has 0 saturated carbocycles. The summed E-state index contributed by atoms with van der Waals surface area (Å²) < 4.78 is 1.90. The number of allylic oxidation sites excluding steroid dienone is 1. The first kappa shape index (κ1) is 23.6. The minimum absolute atomic E-state index is 0.0851. The summed E-state index contributed by atoms with van der Waals surface area (Å²) in [5, 5.41) is 11.0. The second-order valence-electron chi connectivity index (χ2n) is 10.5. The highest BCUT2D eigenvalue weighted by atomic mass is 35.5. The number of benzene rings is 2. The predicted molar refractivity (Wildman–Crippen MR) is 142 cm³/mol. The maximum atomic E-state index is 10.2. The van der Waals surface area contributed by atoms with Crippen LogP contribution in [0.5, 0.6) is 0 Å². The molecule has 1 N–H and O–H groups in total. The molecule has 0 unspecified atom stereocenters. The van der Waals surface area contributed by atoms with Crippen molar-refractivity contribution in [3.63, 3.8) is 0 Å². The van der Waals surface area contributed by atoms with E-state index in [-0.39, 0.29) is 17.2 Å². The molecule has 3 aromatic rings. The number of aromatic nitrogens is 3. The molecule has 3 heterocycles. The zero-order valence-electron chi connectivity index (χ0n) is 20.8. The zero-order chi connectivity index (χ0) is 24.7. The number of aliphatic hydroxyl groups is 1. The minimum atomic E-state index is 0.0851. The van der Waals surface area contributed by atoms with E-state index in [0.29, 0.717) is 23.8 Å². The van der Waals surface area contributed by atoms with E-state index < -0.39 is 0 Å². The van der Waals surface area contributed by atoms with Gasteiger partial charge in [0.2, 0.25) is 5.62 Å². The molecule has 1 fully saturated rings. The van der Waals surface area contributed by atoms with Crippen LogP contribution in [-0.4, -0.2) is 38.8 Å². The van der Waals surface area contributed by atoms with E-state index in [0.717, 1.165) is 42.1 Å². The fourth-order valence-corrected chi connectivity index (χ4v) is 4.78. The molecular weight excluding hydrogens is 458 g/mol. The molecule has 0 radical (unpaired) electrons. The Morgan fingerprint density at radius 1 is 1.03 bits per heavy atom. The molecule has 0 amide bonds. The Labute approximate surface area is 211 Å². The van der Waals surface area contributed by atoms with Crippen molar-refractivity contribution in [2.24, 2.45) is 4.99 Å². The lowest BCUT2D eigenvalue weighted by Gasteiger charge is -2.32. The maximum absolute atomic E-state index is 10.2. The Balaban J connectivity index is 1.41. The van der Waals surface area contributed by atoms with Gasteiger partial charge in [0.1, 0.15) is 11.6 Å². The lowest BCUT2D eigenvalue weighted by Crippen LogP contribution is -2.37. The number of rotatable bonds is 3. The number of halogens is 1. The number of nitrogens with zero attached hydrogens (tertiary/aromatic N) is 5. The summed E-state index contributed by atoms with van der Waals surface area (Å²) in [6, 6.07) is 14.8. The van der Waals surface area contributed by atoms with Crippen LogP contribution in [0.3, 0.4) is 0 Å². The summed E-state index contributed by atoms with van der Waals surface area (Å²) >= 11 is 6.20. The number of fused-ring (bicyclic) bond motifs is 1. The van der Waals surface area contributed by atoms with Gasteiger partial charge in [0, 0.05) is 35.4 Å². The van der Waals surface area contributed by atoms with E-state index in [1.165, 1.54) is 11.3 Å². The number of anilines is 1. The van der Waals surface area contributed by atoms with Gasteiger partial charge in [-0.3, -0.25) is 4.57 Å². The van der Waals surface area contributed by atoms with E-state index >= 15 is 0 Å². The summed E-state index contributed by atoms with van der Waals surface area (Å²) in [5.74, 6) is 1.61. The van der Waals surface area contributed by atoms with Gasteiger partial charge in [-0.15, -0.1) is 0 Å². The Morgan fingerprint density at radius 3 is 2.40 bits per heavy atom. The van der Waals surface area contributed by atoms with Crippen LogP contribution in [0.1, 0.15) is 50.6 Å². The molecule has 5 rings (SSSR count). The quantitative estimate of drug-likeness (QED) is 0.513. The third-order valence-corrected chi connectivity index (χ3v) is 7.26. The smallest absolute Gasteiger partial charge is 0.229 e. The van der Waals surface area contributed by atoms with Crippen LogP contribution in [0.15, 0.2) is 53.2 Å². The first-order valence-electron chi connectivity index (χ1n) is 12.2. The van der Waals surface area contributed by atoms with Crippen LogP contribution >= 0.6 is 11.6 Å². The average molecular weight is 490 g/mol. The number of aryl methyl sites for hydroxylation is 1. The lowest BCUT2D eigenvalue weighted by molar-refractivity contribution is 0.383. The van der Waals surface area contributed by atoms with E-state index in [9.17, 15) is 5.11 Å². The Hall–Kier alpha value is -3.12. The van der Waals surface area contributed by atoms with Crippen molar-refractivity contribution in [3.8, 4) is 11.4 Å². The van der Waals surface area contributed by atoms with Crippen molar-refractivity contribution in [1.29, 1.82) is 0 Å². The van der Waals surface area contributed by atoms with Crippen LogP contribution < -0.4 is 10.5 Å². The molecule has 2 aliphatic rings. The molecular formula is C28H32ClN5O. The normalized spacial score (nSPS) is 17.0. The van der Waals surface area contributed by atoms with Crippen LogP contribution in [0.25, 0.3) is 17.5 Å². The largest absolute Gasteiger partial charge is 0.510 e. The monoisotopic (exact) mass is 489 g/mol. The molecule has 1 saturated heterocycles. The highest BCUT2D eigenvalue weighted by Gasteiger charge is 2.22. The van der Waals surface area contributed by atoms with E-state index in [4.69, 9.17) is 26.6 Å². The lowest BCUT2D eigenvalue weighted by atomic mass is 9.87. The van der Waals surface area contributed by atoms with Gasteiger partial charge in [-0.25, -0.2) is 9.98 Å². The van der Waals surface area contributed by atoms with Crippen molar-refractivity contribution >= 4 is 23.4 Å². The fraction of sp³-hybridized carbons (Fsp3) is 0.393. The number of hydrogen-bond donors (Lipinski definition) is 1. The number of piperidine rings is 1. The molecule has 2 aliphatic heterocycles. The minimum Gasteiger partial charge on any atom is -0.510 e. The van der Waals surface area contributed by atoms with E-state index in [1.54, 1.807) is 6.08 Å². The molecule has 35 heavy (non-hydrogen) atoms. The molecule has 0 aliphatic carbocycles. The number of aliphatic hydroxyl groups excluding tert-OH is 1.